The molecule has 25 heavy (non-hydrogen) atoms. The molecule has 2 N–H and O–H groups in total. The number of hydrogen-bond acceptors (Lipinski definition) is 4. The summed E-state index contributed by atoms with van der Waals surface area (Å²) >= 11 is 11.8. The van der Waals surface area contributed by atoms with Gasteiger partial charge in [-0.05, 0) is 42.3 Å². The molecule has 0 saturated heterocycles. The highest BCUT2D eigenvalue weighted by Crippen LogP contribution is 2.25. The summed E-state index contributed by atoms with van der Waals surface area (Å²) in [5.74, 6) is -1.04. The topological polar surface area (TPSA) is 75.6 Å². The van der Waals surface area contributed by atoms with Gasteiger partial charge in [0.1, 0.15) is 0 Å². The van der Waals surface area contributed by atoms with Gasteiger partial charge in [-0.25, -0.2) is 4.79 Å². The van der Waals surface area contributed by atoms with E-state index in [0.29, 0.717) is 21.2 Å². The third-order valence-electron chi connectivity index (χ3n) is 3.53. The SMILES string of the molecule is C[C@H](NC(=O)COC(=O)c1ccc(CO)cc1)c1ccc(Cl)c(Cl)c1. The maximum atomic E-state index is 11.9. The number of rotatable bonds is 6. The van der Waals surface area contributed by atoms with Crippen LogP contribution >= 0.6 is 23.2 Å². The van der Waals surface area contributed by atoms with Crippen molar-refractivity contribution >= 4 is 35.1 Å². The monoisotopic (exact) mass is 381 g/mol. The Hall–Kier alpha value is -2.08. The second-order valence-corrected chi connectivity index (χ2v) is 6.21. The molecule has 1 amide bonds. The normalized spacial score (nSPS) is 11.7. The van der Waals surface area contributed by atoms with Crippen molar-refractivity contribution in [2.45, 2.75) is 19.6 Å². The minimum Gasteiger partial charge on any atom is -0.452 e. The van der Waals surface area contributed by atoms with Gasteiger partial charge in [-0.3, -0.25) is 4.79 Å². The molecular weight excluding hydrogens is 365 g/mol. The first kappa shape index (κ1) is 19.2. The highest BCUT2D eigenvalue weighted by Gasteiger charge is 2.14. The number of esters is 1. The lowest BCUT2D eigenvalue weighted by Gasteiger charge is -2.15. The lowest BCUT2D eigenvalue weighted by molar-refractivity contribution is -0.124. The molecule has 0 saturated carbocycles. The van der Waals surface area contributed by atoms with Crippen molar-refractivity contribution in [3.63, 3.8) is 0 Å². The Bertz CT molecular complexity index is 762. The average molecular weight is 382 g/mol. The van der Waals surface area contributed by atoms with Crippen LogP contribution in [0.3, 0.4) is 0 Å². The maximum absolute atomic E-state index is 11.9. The van der Waals surface area contributed by atoms with E-state index >= 15 is 0 Å². The summed E-state index contributed by atoms with van der Waals surface area (Å²) in [6.45, 7) is 1.28. The molecule has 0 radical (unpaired) electrons. The molecule has 2 aromatic carbocycles. The number of halogens is 2. The Kier molecular flexibility index (Phi) is 6.82. The Morgan fingerprint density at radius 3 is 2.40 bits per heavy atom. The zero-order chi connectivity index (χ0) is 18.4. The van der Waals surface area contributed by atoms with Crippen LogP contribution in [0.1, 0.15) is 34.5 Å². The van der Waals surface area contributed by atoms with Crippen LogP contribution < -0.4 is 5.32 Å². The predicted octanol–water partition coefficient (Wildman–Crippen LogP) is 3.52. The lowest BCUT2D eigenvalue weighted by Crippen LogP contribution is -2.31. The fraction of sp³-hybridized carbons (Fsp3) is 0.222. The van der Waals surface area contributed by atoms with Gasteiger partial charge in [0.05, 0.1) is 28.3 Å². The molecule has 0 aliphatic heterocycles. The summed E-state index contributed by atoms with van der Waals surface area (Å²) in [6.07, 6.45) is 0. The number of amides is 1. The molecule has 132 valence electrons. The highest BCUT2D eigenvalue weighted by atomic mass is 35.5. The zero-order valence-corrected chi connectivity index (χ0v) is 15.0. The molecule has 0 unspecified atom stereocenters. The summed E-state index contributed by atoms with van der Waals surface area (Å²) in [5, 5.41) is 12.5. The number of ether oxygens (including phenoxy) is 1. The Morgan fingerprint density at radius 2 is 1.80 bits per heavy atom. The minimum atomic E-state index is -0.609. The van der Waals surface area contributed by atoms with E-state index in [2.05, 4.69) is 5.32 Å². The van der Waals surface area contributed by atoms with E-state index < -0.39 is 18.5 Å². The number of carbonyl (C=O) groups excluding carboxylic acids is 2. The first-order chi connectivity index (χ1) is 11.9. The fourth-order valence-electron chi connectivity index (χ4n) is 2.11. The number of aliphatic hydroxyl groups excluding tert-OH is 1. The van der Waals surface area contributed by atoms with Gasteiger partial charge >= 0.3 is 5.97 Å². The summed E-state index contributed by atoms with van der Waals surface area (Å²) in [6, 6.07) is 11.1. The molecule has 5 nitrogen and oxygen atoms in total. The van der Waals surface area contributed by atoms with Gasteiger partial charge in [0.2, 0.25) is 0 Å². The second kappa shape index (κ2) is 8.85. The van der Waals surface area contributed by atoms with Crippen molar-refractivity contribution in [3.05, 3.63) is 69.2 Å². The smallest absolute Gasteiger partial charge is 0.338 e. The molecular formula is C18H17Cl2NO4. The first-order valence-corrected chi connectivity index (χ1v) is 8.27. The molecule has 2 aromatic rings. The van der Waals surface area contributed by atoms with Crippen molar-refractivity contribution in [3.8, 4) is 0 Å². The Balaban J connectivity index is 1.86. The first-order valence-electron chi connectivity index (χ1n) is 7.52. The van der Waals surface area contributed by atoms with Gasteiger partial charge in [-0.15, -0.1) is 0 Å². The molecule has 0 heterocycles. The van der Waals surface area contributed by atoms with Crippen molar-refractivity contribution < 1.29 is 19.4 Å². The van der Waals surface area contributed by atoms with E-state index in [1.165, 1.54) is 12.1 Å². The van der Waals surface area contributed by atoms with E-state index in [-0.39, 0.29) is 12.6 Å². The van der Waals surface area contributed by atoms with Crippen molar-refractivity contribution in [1.29, 1.82) is 0 Å². The zero-order valence-electron chi connectivity index (χ0n) is 13.5. The molecule has 0 aliphatic rings. The number of carbonyl (C=O) groups is 2. The molecule has 2 rings (SSSR count). The van der Waals surface area contributed by atoms with Gasteiger partial charge in [0.25, 0.3) is 5.91 Å². The number of nitrogens with one attached hydrogen (secondary N) is 1. The molecule has 0 spiro atoms. The van der Waals surface area contributed by atoms with Crippen molar-refractivity contribution in [2.75, 3.05) is 6.61 Å². The molecule has 0 aromatic heterocycles. The second-order valence-electron chi connectivity index (χ2n) is 5.39. The molecule has 1 atom stereocenters. The summed E-state index contributed by atoms with van der Waals surface area (Å²) < 4.78 is 4.98. The van der Waals surface area contributed by atoms with Gasteiger partial charge in [0.15, 0.2) is 6.61 Å². The van der Waals surface area contributed by atoms with Crippen molar-refractivity contribution in [2.24, 2.45) is 0 Å². The van der Waals surface area contributed by atoms with Crippen LogP contribution in [0.4, 0.5) is 0 Å². The van der Waals surface area contributed by atoms with E-state index in [9.17, 15) is 9.59 Å². The molecule has 0 aliphatic carbocycles. The predicted molar refractivity (Wildman–Crippen MR) is 95.7 cm³/mol. The standard InChI is InChI=1S/C18H17Cl2NO4/c1-11(14-6-7-15(19)16(20)8-14)21-17(23)10-25-18(24)13-4-2-12(9-22)3-5-13/h2-8,11,22H,9-10H2,1H3,(H,21,23)/t11-/m0/s1. The summed E-state index contributed by atoms with van der Waals surface area (Å²) in [4.78, 5) is 23.8. The Labute approximate surface area is 155 Å². The van der Waals surface area contributed by atoms with Gasteiger partial charge in [0, 0.05) is 0 Å². The molecule has 0 fully saturated rings. The van der Waals surface area contributed by atoms with Crippen molar-refractivity contribution in [1.82, 2.24) is 5.32 Å². The third-order valence-corrected chi connectivity index (χ3v) is 4.27. The fourth-order valence-corrected chi connectivity index (χ4v) is 2.42. The number of benzene rings is 2. The summed E-state index contributed by atoms with van der Waals surface area (Å²) in [7, 11) is 0. The van der Waals surface area contributed by atoms with E-state index in [0.717, 1.165) is 5.56 Å². The van der Waals surface area contributed by atoms with Gasteiger partial charge in [-0.2, -0.15) is 0 Å². The largest absolute Gasteiger partial charge is 0.452 e. The quantitative estimate of drug-likeness (QED) is 0.750. The molecule has 7 heteroatoms. The van der Waals surface area contributed by atoms with E-state index in [4.69, 9.17) is 33.0 Å². The summed E-state index contributed by atoms with van der Waals surface area (Å²) in [5.41, 5.74) is 1.78. The van der Waals surface area contributed by atoms with Crippen LogP contribution in [0.5, 0.6) is 0 Å². The third kappa shape index (κ3) is 5.46. The number of aliphatic hydroxyl groups is 1. The van der Waals surface area contributed by atoms with Crippen LogP contribution in [-0.2, 0) is 16.1 Å². The van der Waals surface area contributed by atoms with Gasteiger partial charge < -0.3 is 15.2 Å². The van der Waals surface area contributed by atoms with E-state index in [1.807, 2.05) is 0 Å². The number of hydrogen-bond donors (Lipinski definition) is 2. The van der Waals surface area contributed by atoms with E-state index in [1.54, 1.807) is 37.3 Å². The molecule has 0 bridgehead atoms. The highest BCUT2D eigenvalue weighted by molar-refractivity contribution is 6.42. The maximum Gasteiger partial charge on any atom is 0.338 e. The Morgan fingerprint density at radius 1 is 1.12 bits per heavy atom. The average Bonchev–Trinajstić information content (AvgIpc) is 2.62. The van der Waals surface area contributed by atoms with Crippen LogP contribution in [0, 0.1) is 0 Å². The van der Waals surface area contributed by atoms with Crippen LogP contribution in [0.15, 0.2) is 42.5 Å². The lowest BCUT2D eigenvalue weighted by atomic mass is 10.1. The minimum absolute atomic E-state index is 0.107. The van der Waals surface area contributed by atoms with Crippen LogP contribution in [-0.4, -0.2) is 23.6 Å². The van der Waals surface area contributed by atoms with Crippen LogP contribution in [0.2, 0.25) is 10.0 Å². The van der Waals surface area contributed by atoms with Gasteiger partial charge in [-0.1, -0.05) is 41.4 Å². The van der Waals surface area contributed by atoms with Crippen LogP contribution in [0.25, 0.3) is 0 Å².